The standard InChI is InChI=1S/C21H24FNO3/c1-13-5-10-19-17(11-13)18(12-21(3,4)26-19)23-20(24)14(2)25-16-8-6-15(22)7-9-16/h5-11,14,18H,12H2,1-4H3,(H,23,24)/t14-,18+/m1/s1. The molecule has 2 aromatic carbocycles. The first-order valence-corrected chi connectivity index (χ1v) is 8.76. The van der Waals surface area contributed by atoms with E-state index in [1.807, 2.05) is 39.0 Å². The summed E-state index contributed by atoms with van der Waals surface area (Å²) >= 11 is 0. The second-order valence-corrected chi connectivity index (χ2v) is 7.38. The van der Waals surface area contributed by atoms with Crippen molar-refractivity contribution in [2.45, 2.75) is 51.9 Å². The molecule has 1 amide bonds. The van der Waals surface area contributed by atoms with Gasteiger partial charge in [0.25, 0.3) is 5.91 Å². The Bertz CT molecular complexity index is 801. The highest BCUT2D eigenvalue weighted by Gasteiger charge is 2.35. The number of halogens is 1. The highest BCUT2D eigenvalue weighted by atomic mass is 19.1. The number of aryl methyl sites for hydroxylation is 1. The fourth-order valence-corrected chi connectivity index (χ4v) is 3.16. The van der Waals surface area contributed by atoms with Crippen molar-refractivity contribution in [3.8, 4) is 11.5 Å². The molecule has 0 radical (unpaired) electrons. The molecule has 0 saturated heterocycles. The van der Waals surface area contributed by atoms with Crippen LogP contribution in [-0.4, -0.2) is 17.6 Å². The second kappa shape index (κ2) is 6.98. The van der Waals surface area contributed by atoms with Crippen LogP contribution in [0.3, 0.4) is 0 Å². The number of rotatable bonds is 4. The lowest BCUT2D eigenvalue weighted by Crippen LogP contribution is -2.44. The van der Waals surface area contributed by atoms with Gasteiger partial charge in [-0.25, -0.2) is 4.39 Å². The number of fused-ring (bicyclic) bond motifs is 1. The van der Waals surface area contributed by atoms with Crippen molar-refractivity contribution in [1.82, 2.24) is 5.32 Å². The van der Waals surface area contributed by atoms with Crippen LogP contribution in [0.4, 0.5) is 4.39 Å². The van der Waals surface area contributed by atoms with Crippen LogP contribution in [0.2, 0.25) is 0 Å². The molecule has 1 N–H and O–H groups in total. The molecule has 0 spiro atoms. The average molecular weight is 357 g/mol. The fourth-order valence-electron chi connectivity index (χ4n) is 3.16. The number of amides is 1. The first kappa shape index (κ1) is 18.2. The topological polar surface area (TPSA) is 47.6 Å². The van der Waals surface area contributed by atoms with Gasteiger partial charge in [0.2, 0.25) is 0 Å². The molecule has 0 aromatic heterocycles. The van der Waals surface area contributed by atoms with Crippen LogP contribution in [0.25, 0.3) is 0 Å². The molecule has 2 aromatic rings. The second-order valence-electron chi connectivity index (χ2n) is 7.38. The zero-order chi connectivity index (χ0) is 18.9. The third-order valence-corrected chi connectivity index (χ3v) is 4.43. The number of benzene rings is 2. The molecule has 3 rings (SSSR count). The van der Waals surface area contributed by atoms with Gasteiger partial charge in [-0.1, -0.05) is 17.7 Å². The van der Waals surface area contributed by atoms with Crippen LogP contribution in [-0.2, 0) is 4.79 Å². The molecule has 1 heterocycles. The average Bonchev–Trinajstić information content (AvgIpc) is 2.57. The molecule has 0 unspecified atom stereocenters. The van der Waals surface area contributed by atoms with E-state index in [2.05, 4.69) is 5.32 Å². The summed E-state index contributed by atoms with van der Waals surface area (Å²) in [5, 5.41) is 3.07. The third kappa shape index (κ3) is 4.15. The van der Waals surface area contributed by atoms with Gasteiger partial charge in [0.05, 0.1) is 6.04 Å². The maximum atomic E-state index is 13.0. The zero-order valence-electron chi connectivity index (χ0n) is 15.5. The highest BCUT2D eigenvalue weighted by Crippen LogP contribution is 2.39. The van der Waals surface area contributed by atoms with Crippen molar-refractivity contribution in [2.24, 2.45) is 0 Å². The van der Waals surface area contributed by atoms with Crippen LogP contribution >= 0.6 is 0 Å². The van der Waals surface area contributed by atoms with Crippen molar-refractivity contribution < 1.29 is 18.7 Å². The van der Waals surface area contributed by atoms with Gasteiger partial charge in [0.1, 0.15) is 22.9 Å². The molecule has 5 heteroatoms. The van der Waals surface area contributed by atoms with Crippen LogP contribution in [0.5, 0.6) is 11.5 Å². The number of carbonyl (C=O) groups is 1. The Balaban J connectivity index is 1.74. The fraction of sp³-hybridized carbons (Fsp3) is 0.381. The van der Waals surface area contributed by atoms with Crippen molar-refractivity contribution in [3.05, 3.63) is 59.4 Å². The van der Waals surface area contributed by atoms with Crippen molar-refractivity contribution >= 4 is 5.91 Å². The maximum Gasteiger partial charge on any atom is 0.261 e. The van der Waals surface area contributed by atoms with Gasteiger partial charge in [-0.2, -0.15) is 0 Å². The monoisotopic (exact) mass is 357 g/mol. The molecular formula is C21H24FNO3. The lowest BCUT2D eigenvalue weighted by Gasteiger charge is -2.38. The van der Waals surface area contributed by atoms with E-state index in [1.54, 1.807) is 6.92 Å². The van der Waals surface area contributed by atoms with E-state index in [4.69, 9.17) is 9.47 Å². The summed E-state index contributed by atoms with van der Waals surface area (Å²) < 4.78 is 24.7. The molecule has 0 fully saturated rings. The molecule has 1 aliphatic heterocycles. The summed E-state index contributed by atoms with van der Waals surface area (Å²) in [6, 6.07) is 11.5. The molecule has 1 aliphatic rings. The molecule has 0 saturated carbocycles. The molecule has 2 atom stereocenters. The summed E-state index contributed by atoms with van der Waals surface area (Å²) in [5.74, 6) is 0.692. The number of ether oxygens (including phenoxy) is 2. The van der Waals surface area contributed by atoms with Crippen molar-refractivity contribution in [2.75, 3.05) is 0 Å². The quantitative estimate of drug-likeness (QED) is 0.886. The predicted molar refractivity (Wildman–Crippen MR) is 97.9 cm³/mol. The van der Waals surface area contributed by atoms with Gasteiger partial charge in [0.15, 0.2) is 6.10 Å². The maximum absolute atomic E-state index is 13.0. The minimum atomic E-state index is -0.695. The summed E-state index contributed by atoms with van der Waals surface area (Å²) in [6.07, 6.45) is -0.0296. The first-order valence-electron chi connectivity index (χ1n) is 8.76. The number of hydrogen-bond donors (Lipinski definition) is 1. The van der Waals surface area contributed by atoms with Gasteiger partial charge in [-0.3, -0.25) is 4.79 Å². The van der Waals surface area contributed by atoms with Crippen LogP contribution in [0.15, 0.2) is 42.5 Å². The van der Waals surface area contributed by atoms with Gasteiger partial charge in [-0.05, 0) is 58.0 Å². The smallest absolute Gasteiger partial charge is 0.261 e. The minimum absolute atomic E-state index is 0.152. The Hall–Kier alpha value is -2.56. The normalized spacial score (nSPS) is 19.0. The third-order valence-electron chi connectivity index (χ3n) is 4.43. The first-order chi connectivity index (χ1) is 12.2. The van der Waals surface area contributed by atoms with E-state index < -0.39 is 6.10 Å². The Morgan fingerprint density at radius 1 is 1.27 bits per heavy atom. The Labute approximate surface area is 153 Å². The van der Waals surface area contributed by atoms with Gasteiger partial charge in [0, 0.05) is 12.0 Å². The van der Waals surface area contributed by atoms with Gasteiger partial charge < -0.3 is 14.8 Å². The Morgan fingerprint density at radius 3 is 2.65 bits per heavy atom. The van der Waals surface area contributed by atoms with E-state index in [0.717, 1.165) is 16.9 Å². The Kier molecular flexibility index (Phi) is 4.90. The van der Waals surface area contributed by atoms with Crippen molar-refractivity contribution in [3.63, 3.8) is 0 Å². The number of carbonyl (C=O) groups excluding carboxylic acids is 1. The SMILES string of the molecule is Cc1ccc2c(c1)[C@@H](NC(=O)[C@@H](C)Oc1ccc(F)cc1)CC(C)(C)O2. The summed E-state index contributed by atoms with van der Waals surface area (Å²) in [7, 11) is 0. The molecular weight excluding hydrogens is 333 g/mol. The largest absolute Gasteiger partial charge is 0.487 e. The Morgan fingerprint density at radius 2 is 1.96 bits per heavy atom. The van der Waals surface area contributed by atoms with Gasteiger partial charge >= 0.3 is 0 Å². The molecule has 138 valence electrons. The molecule has 26 heavy (non-hydrogen) atoms. The lowest BCUT2D eigenvalue weighted by molar-refractivity contribution is -0.128. The molecule has 0 bridgehead atoms. The number of hydrogen-bond acceptors (Lipinski definition) is 3. The molecule has 0 aliphatic carbocycles. The highest BCUT2D eigenvalue weighted by molar-refractivity contribution is 5.81. The summed E-state index contributed by atoms with van der Waals surface area (Å²) in [6.45, 7) is 7.71. The zero-order valence-corrected chi connectivity index (χ0v) is 15.5. The van der Waals surface area contributed by atoms with Gasteiger partial charge in [-0.15, -0.1) is 0 Å². The molecule has 4 nitrogen and oxygen atoms in total. The lowest BCUT2D eigenvalue weighted by atomic mass is 9.89. The predicted octanol–water partition coefficient (Wildman–Crippen LogP) is 4.32. The van der Waals surface area contributed by atoms with Crippen LogP contribution in [0, 0.1) is 12.7 Å². The van der Waals surface area contributed by atoms with E-state index >= 15 is 0 Å². The van der Waals surface area contributed by atoms with E-state index in [9.17, 15) is 9.18 Å². The van der Waals surface area contributed by atoms with E-state index in [-0.39, 0.29) is 23.4 Å². The van der Waals surface area contributed by atoms with E-state index in [0.29, 0.717) is 12.2 Å². The van der Waals surface area contributed by atoms with Crippen LogP contribution in [0.1, 0.15) is 44.4 Å². The summed E-state index contributed by atoms with van der Waals surface area (Å²) in [5.41, 5.74) is 1.72. The van der Waals surface area contributed by atoms with Crippen LogP contribution < -0.4 is 14.8 Å². The van der Waals surface area contributed by atoms with Crippen molar-refractivity contribution in [1.29, 1.82) is 0 Å². The van der Waals surface area contributed by atoms with E-state index in [1.165, 1.54) is 24.3 Å². The summed E-state index contributed by atoms with van der Waals surface area (Å²) in [4.78, 5) is 12.6. The number of nitrogens with one attached hydrogen (secondary N) is 1. The minimum Gasteiger partial charge on any atom is -0.487 e.